The number of hydrazine groups is 1. The van der Waals surface area contributed by atoms with Crippen molar-refractivity contribution < 1.29 is 13.2 Å². The molecule has 1 aromatic carbocycles. The van der Waals surface area contributed by atoms with Gasteiger partial charge in [-0.2, -0.15) is 13.2 Å². The van der Waals surface area contributed by atoms with Crippen LogP contribution < -0.4 is 16.2 Å². The number of rotatable bonds is 8. The van der Waals surface area contributed by atoms with E-state index in [9.17, 15) is 13.2 Å². The third kappa shape index (κ3) is 6.20. The van der Waals surface area contributed by atoms with Crippen molar-refractivity contribution in [3.8, 4) is 0 Å². The molecule has 0 radical (unpaired) electrons. The summed E-state index contributed by atoms with van der Waals surface area (Å²) in [6.45, 7) is 4.99. The molecule has 0 aliphatic heterocycles. The first-order valence-corrected chi connectivity index (χ1v) is 9.39. The van der Waals surface area contributed by atoms with Crippen LogP contribution >= 0.6 is 12.2 Å². The summed E-state index contributed by atoms with van der Waals surface area (Å²) in [6, 6.07) is 6.49. The molecule has 0 unspecified atom stereocenters. The van der Waals surface area contributed by atoms with Crippen molar-refractivity contribution in [1.82, 2.24) is 20.7 Å². The van der Waals surface area contributed by atoms with Crippen LogP contribution in [0.4, 0.5) is 19.0 Å². The van der Waals surface area contributed by atoms with Gasteiger partial charge in [-0.05, 0) is 36.7 Å². The molecule has 148 valence electrons. The average molecular weight is 399 g/mol. The molecule has 0 saturated carbocycles. The maximum Gasteiger partial charge on any atom is 0.451 e. The summed E-state index contributed by atoms with van der Waals surface area (Å²) in [5.41, 5.74) is 5.60. The highest BCUT2D eigenvalue weighted by Gasteiger charge is 2.35. The highest BCUT2D eigenvalue weighted by atomic mass is 32.1. The third-order valence-electron chi connectivity index (χ3n) is 4.25. The molecule has 1 aromatic heterocycles. The van der Waals surface area contributed by atoms with E-state index < -0.39 is 12.0 Å². The van der Waals surface area contributed by atoms with E-state index in [1.807, 2.05) is 0 Å². The molecule has 1 heterocycles. The van der Waals surface area contributed by atoms with Crippen LogP contribution in [0, 0.1) is 5.92 Å². The Morgan fingerprint density at radius 3 is 2.59 bits per heavy atom. The Morgan fingerprint density at radius 1 is 1.19 bits per heavy atom. The standard InChI is InChI=1S/C18H24F3N5S/c1-3-5-8-12(4-2)11-22-17(27)26-25-15-13-9-6-7-10-14(13)23-16(24-15)18(19,20)21/h6-7,9-10,12H,3-5,8,11H2,1-2H3,(H2,22,26,27)(H,23,24,25)/t12-/m1/s1. The van der Waals surface area contributed by atoms with Gasteiger partial charge in [0, 0.05) is 11.9 Å². The van der Waals surface area contributed by atoms with Crippen molar-refractivity contribution in [2.75, 3.05) is 12.0 Å². The van der Waals surface area contributed by atoms with E-state index >= 15 is 0 Å². The quantitative estimate of drug-likeness (QED) is 0.443. The minimum atomic E-state index is -4.63. The number of para-hydroxylation sites is 1. The summed E-state index contributed by atoms with van der Waals surface area (Å²) < 4.78 is 39.1. The van der Waals surface area contributed by atoms with Gasteiger partial charge >= 0.3 is 6.18 Å². The summed E-state index contributed by atoms with van der Waals surface area (Å²) in [6.07, 6.45) is -0.183. The van der Waals surface area contributed by atoms with Gasteiger partial charge in [0.1, 0.15) is 0 Å². The number of benzene rings is 1. The molecular formula is C18H24F3N5S. The zero-order chi connectivity index (χ0) is 19.9. The molecule has 0 spiro atoms. The molecule has 2 aromatic rings. The fraction of sp³-hybridized carbons (Fsp3) is 0.500. The molecule has 27 heavy (non-hydrogen) atoms. The Kier molecular flexibility index (Phi) is 7.58. The Morgan fingerprint density at radius 2 is 1.93 bits per heavy atom. The second-order valence-corrected chi connectivity index (χ2v) is 6.70. The van der Waals surface area contributed by atoms with Gasteiger partial charge in [0.15, 0.2) is 10.9 Å². The molecule has 0 saturated heterocycles. The minimum Gasteiger partial charge on any atom is -0.361 e. The van der Waals surface area contributed by atoms with Crippen LogP contribution in [0.15, 0.2) is 24.3 Å². The molecule has 0 fully saturated rings. The van der Waals surface area contributed by atoms with Gasteiger partial charge in [0.2, 0.25) is 5.82 Å². The van der Waals surface area contributed by atoms with Crippen molar-refractivity contribution in [3.05, 3.63) is 30.1 Å². The summed E-state index contributed by atoms with van der Waals surface area (Å²) in [4.78, 5) is 7.18. The van der Waals surface area contributed by atoms with E-state index in [0.29, 0.717) is 23.0 Å². The topological polar surface area (TPSA) is 61.9 Å². The highest BCUT2D eigenvalue weighted by molar-refractivity contribution is 7.80. The first kappa shape index (κ1) is 21.1. The van der Waals surface area contributed by atoms with E-state index in [1.54, 1.807) is 18.2 Å². The second kappa shape index (κ2) is 9.68. The summed E-state index contributed by atoms with van der Waals surface area (Å²) in [5.74, 6) is -0.675. The third-order valence-corrected chi connectivity index (χ3v) is 4.49. The number of halogens is 3. The molecule has 0 bridgehead atoms. The number of aromatic nitrogens is 2. The Labute approximate surface area is 162 Å². The molecule has 1 atom stereocenters. The van der Waals surface area contributed by atoms with Crippen LogP contribution in [-0.2, 0) is 6.18 Å². The molecule has 2 rings (SSSR count). The lowest BCUT2D eigenvalue weighted by atomic mass is 9.99. The second-order valence-electron chi connectivity index (χ2n) is 6.29. The normalized spacial score (nSPS) is 12.6. The van der Waals surface area contributed by atoms with Crippen molar-refractivity contribution in [1.29, 1.82) is 0 Å². The number of thiocarbonyl (C=S) groups is 1. The minimum absolute atomic E-state index is 0.0232. The van der Waals surface area contributed by atoms with E-state index in [0.717, 1.165) is 25.7 Å². The number of unbranched alkanes of at least 4 members (excludes halogenated alkanes) is 1. The van der Waals surface area contributed by atoms with Crippen LogP contribution in [-0.4, -0.2) is 21.6 Å². The molecular weight excluding hydrogens is 375 g/mol. The number of nitrogens with zero attached hydrogens (tertiary/aromatic N) is 2. The lowest BCUT2D eigenvalue weighted by Crippen LogP contribution is -2.41. The Balaban J connectivity index is 2.04. The number of anilines is 1. The predicted octanol–water partition coefficient (Wildman–Crippen LogP) is 4.66. The monoisotopic (exact) mass is 399 g/mol. The molecule has 0 aliphatic carbocycles. The van der Waals surface area contributed by atoms with Crippen LogP contribution in [0.1, 0.15) is 45.4 Å². The Bertz CT molecular complexity index is 766. The fourth-order valence-electron chi connectivity index (χ4n) is 2.64. The summed E-state index contributed by atoms with van der Waals surface area (Å²) in [7, 11) is 0. The van der Waals surface area contributed by atoms with Gasteiger partial charge in [-0.1, -0.05) is 45.2 Å². The van der Waals surface area contributed by atoms with Gasteiger partial charge in [0.25, 0.3) is 0 Å². The van der Waals surface area contributed by atoms with E-state index in [1.165, 1.54) is 6.07 Å². The summed E-state index contributed by atoms with van der Waals surface area (Å²) in [5, 5.41) is 3.87. The van der Waals surface area contributed by atoms with Gasteiger partial charge in [-0.15, -0.1) is 0 Å². The zero-order valence-electron chi connectivity index (χ0n) is 15.4. The average Bonchev–Trinajstić information content (AvgIpc) is 2.65. The van der Waals surface area contributed by atoms with Gasteiger partial charge < -0.3 is 5.32 Å². The molecule has 3 N–H and O–H groups in total. The van der Waals surface area contributed by atoms with E-state index in [4.69, 9.17) is 12.2 Å². The smallest absolute Gasteiger partial charge is 0.361 e. The van der Waals surface area contributed by atoms with Crippen LogP contribution in [0.25, 0.3) is 10.9 Å². The SMILES string of the molecule is CCCC[C@@H](CC)CNC(=S)NNc1nc(C(F)(F)F)nc2ccccc12. The van der Waals surface area contributed by atoms with Crippen LogP contribution in [0.5, 0.6) is 0 Å². The van der Waals surface area contributed by atoms with Crippen molar-refractivity contribution >= 4 is 34.1 Å². The Hall–Kier alpha value is -2.16. The number of alkyl halides is 3. The highest BCUT2D eigenvalue weighted by Crippen LogP contribution is 2.29. The van der Waals surface area contributed by atoms with Gasteiger partial charge in [-0.3, -0.25) is 10.9 Å². The van der Waals surface area contributed by atoms with Crippen LogP contribution in [0.3, 0.4) is 0 Å². The van der Waals surface area contributed by atoms with Crippen molar-refractivity contribution in [2.45, 2.75) is 45.7 Å². The van der Waals surface area contributed by atoms with Gasteiger partial charge in [-0.25, -0.2) is 9.97 Å². The van der Waals surface area contributed by atoms with Crippen molar-refractivity contribution in [3.63, 3.8) is 0 Å². The van der Waals surface area contributed by atoms with E-state index in [2.05, 4.69) is 40.0 Å². The largest absolute Gasteiger partial charge is 0.451 e. The van der Waals surface area contributed by atoms with Gasteiger partial charge in [0.05, 0.1) is 5.52 Å². The number of hydrogen-bond acceptors (Lipinski definition) is 4. The predicted molar refractivity (Wildman–Crippen MR) is 105 cm³/mol. The maximum absolute atomic E-state index is 13.0. The lowest BCUT2D eigenvalue weighted by Gasteiger charge is -2.18. The first-order chi connectivity index (χ1) is 12.8. The fourth-order valence-corrected chi connectivity index (χ4v) is 2.77. The molecule has 5 nitrogen and oxygen atoms in total. The summed E-state index contributed by atoms with van der Waals surface area (Å²) >= 11 is 5.21. The molecule has 0 aliphatic rings. The lowest BCUT2D eigenvalue weighted by molar-refractivity contribution is -0.144. The molecule has 9 heteroatoms. The molecule has 0 amide bonds. The number of hydrogen-bond donors (Lipinski definition) is 3. The van der Waals surface area contributed by atoms with Crippen LogP contribution in [0.2, 0.25) is 0 Å². The first-order valence-electron chi connectivity index (χ1n) is 8.99. The van der Waals surface area contributed by atoms with E-state index in [-0.39, 0.29) is 11.3 Å². The number of nitrogens with one attached hydrogen (secondary N) is 3. The zero-order valence-corrected chi connectivity index (χ0v) is 16.2. The van der Waals surface area contributed by atoms with Crippen molar-refractivity contribution in [2.24, 2.45) is 5.92 Å². The number of fused-ring (bicyclic) bond motifs is 1. The maximum atomic E-state index is 13.0.